The fourth-order valence-corrected chi connectivity index (χ4v) is 2.29. The van der Waals surface area contributed by atoms with Crippen LogP contribution in [0.5, 0.6) is 5.75 Å². The van der Waals surface area contributed by atoms with Gasteiger partial charge in [-0.1, -0.05) is 6.07 Å². The van der Waals surface area contributed by atoms with Gasteiger partial charge in [0.25, 0.3) is 0 Å². The van der Waals surface area contributed by atoms with Crippen LogP contribution in [0.15, 0.2) is 41.8 Å². The van der Waals surface area contributed by atoms with E-state index >= 15 is 0 Å². The minimum absolute atomic E-state index is 0.677. The van der Waals surface area contributed by atoms with Crippen molar-refractivity contribution in [2.45, 2.75) is 12.8 Å². The number of aldehydes is 1. The molecule has 3 heteroatoms. The van der Waals surface area contributed by atoms with Gasteiger partial charge >= 0.3 is 0 Å². The molecule has 1 aromatic heterocycles. The van der Waals surface area contributed by atoms with Crippen molar-refractivity contribution < 1.29 is 9.53 Å². The first-order valence-corrected chi connectivity index (χ1v) is 6.47. The molecule has 0 aliphatic carbocycles. The van der Waals surface area contributed by atoms with Crippen molar-refractivity contribution in [3.8, 4) is 5.75 Å². The van der Waals surface area contributed by atoms with Gasteiger partial charge in [0.2, 0.25) is 0 Å². The Bertz CT molecular complexity index is 446. The summed E-state index contributed by atoms with van der Waals surface area (Å²) in [5.41, 5.74) is 0.677. The molecule has 0 aliphatic heterocycles. The van der Waals surface area contributed by atoms with E-state index in [0.717, 1.165) is 24.9 Å². The van der Waals surface area contributed by atoms with Crippen LogP contribution < -0.4 is 4.74 Å². The third kappa shape index (κ3) is 3.71. The third-order valence-corrected chi connectivity index (χ3v) is 3.37. The molecule has 1 heterocycles. The van der Waals surface area contributed by atoms with E-state index < -0.39 is 0 Å². The summed E-state index contributed by atoms with van der Waals surface area (Å²) in [6.45, 7) is 0.707. The van der Waals surface area contributed by atoms with Gasteiger partial charge in [-0.15, -0.1) is 11.3 Å². The van der Waals surface area contributed by atoms with Crippen LogP contribution in [0, 0.1) is 0 Å². The van der Waals surface area contributed by atoms with E-state index in [1.807, 2.05) is 12.1 Å². The number of hydrogen-bond acceptors (Lipinski definition) is 3. The number of hydrogen-bond donors (Lipinski definition) is 0. The molecule has 0 saturated carbocycles. The number of carbonyl (C=O) groups is 1. The van der Waals surface area contributed by atoms with Gasteiger partial charge in [-0.3, -0.25) is 4.79 Å². The Balaban J connectivity index is 1.72. The van der Waals surface area contributed by atoms with Crippen LogP contribution >= 0.6 is 11.3 Å². The molecule has 0 aliphatic rings. The van der Waals surface area contributed by atoms with Crippen molar-refractivity contribution in [1.29, 1.82) is 0 Å². The van der Waals surface area contributed by atoms with Crippen molar-refractivity contribution in [2.75, 3.05) is 6.61 Å². The lowest BCUT2D eigenvalue weighted by Gasteiger charge is -2.05. The molecule has 2 nitrogen and oxygen atoms in total. The van der Waals surface area contributed by atoms with Gasteiger partial charge in [0.15, 0.2) is 0 Å². The number of aryl methyl sites for hydroxylation is 1. The normalized spacial score (nSPS) is 10.1. The minimum Gasteiger partial charge on any atom is -0.494 e. The molecule has 0 amide bonds. The second-order valence-corrected chi connectivity index (χ2v) is 4.75. The van der Waals surface area contributed by atoms with Gasteiger partial charge in [0, 0.05) is 10.4 Å². The molecule has 0 saturated heterocycles. The Kier molecular flexibility index (Phi) is 4.33. The van der Waals surface area contributed by atoms with Crippen LogP contribution in [0.25, 0.3) is 0 Å². The predicted molar refractivity (Wildman–Crippen MR) is 70.0 cm³/mol. The lowest BCUT2D eigenvalue weighted by atomic mass is 10.2. The topological polar surface area (TPSA) is 26.3 Å². The fraction of sp³-hybridized carbons (Fsp3) is 0.214. The lowest BCUT2D eigenvalue weighted by Crippen LogP contribution is -1.98. The van der Waals surface area contributed by atoms with Gasteiger partial charge in [-0.05, 0) is 48.6 Å². The monoisotopic (exact) mass is 246 g/mol. The van der Waals surface area contributed by atoms with Crippen molar-refractivity contribution in [2.24, 2.45) is 0 Å². The standard InChI is InChI=1S/C14H14O2S/c15-11-12-5-7-13(8-6-12)16-9-1-3-14-4-2-10-17-14/h2,4-8,10-11H,1,3,9H2. The van der Waals surface area contributed by atoms with E-state index in [-0.39, 0.29) is 0 Å². The van der Waals surface area contributed by atoms with Gasteiger partial charge < -0.3 is 4.74 Å². The van der Waals surface area contributed by atoms with Crippen molar-refractivity contribution in [3.63, 3.8) is 0 Å². The van der Waals surface area contributed by atoms with Crippen molar-refractivity contribution in [1.82, 2.24) is 0 Å². The summed E-state index contributed by atoms with van der Waals surface area (Å²) in [6, 6.07) is 11.4. The molecule has 0 bridgehead atoms. The quantitative estimate of drug-likeness (QED) is 0.575. The highest BCUT2D eigenvalue weighted by Gasteiger charge is 1.96. The van der Waals surface area contributed by atoms with Gasteiger partial charge in [0.05, 0.1) is 6.61 Å². The number of ether oxygens (including phenoxy) is 1. The molecule has 0 unspecified atom stereocenters. The summed E-state index contributed by atoms with van der Waals surface area (Å²) in [5, 5.41) is 2.09. The van der Waals surface area contributed by atoms with Crippen LogP contribution in [0.2, 0.25) is 0 Å². The van der Waals surface area contributed by atoms with E-state index in [0.29, 0.717) is 12.2 Å². The highest BCUT2D eigenvalue weighted by atomic mass is 32.1. The Morgan fingerprint density at radius 3 is 2.65 bits per heavy atom. The minimum atomic E-state index is 0.677. The number of rotatable bonds is 6. The summed E-state index contributed by atoms with van der Waals surface area (Å²) in [4.78, 5) is 11.9. The molecule has 0 fully saturated rings. The first-order valence-electron chi connectivity index (χ1n) is 5.59. The summed E-state index contributed by atoms with van der Waals surface area (Å²) in [6.07, 6.45) is 2.90. The average molecular weight is 246 g/mol. The second-order valence-electron chi connectivity index (χ2n) is 3.72. The molecule has 88 valence electrons. The third-order valence-electron chi connectivity index (χ3n) is 2.43. The maximum Gasteiger partial charge on any atom is 0.150 e. The van der Waals surface area contributed by atoms with E-state index in [4.69, 9.17) is 4.74 Å². The number of carbonyl (C=O) groups excluding carboxylic acids is 1. The molecule has 0 spiro atoms. The highest BCUT2D eigenvalue weighted by Crippen LogP contribution is 2.13. The summed E-state index contributed by atoms with van der Waals surface area (Å²) in [5.74, 6) is 0.821. The summed E-state index contributed by atoms with van der Waals surface area (Å²) < 4.78 is 5.59. The Labute approximate surface area is 105 Å². The van der Waals surface area contributed by atoms with Gasteiger partial charge in [-0.2, -0.15) is 0 Å². The molecule has 1 aromatic carbocycles. The number of benzene rings is 1. The van der Waals surface area contributed by atoms with Crippen LogP contribution in [0.1, 0.15) is 21.7 Å². The zero-order chi connectivity index (χ0) is 11.9. The average Bonchev–Trinajstić information content (AvgIpc) is 2.88. The van der Waals surface area contributed by atoms with Crippen LogP contribution in [-0.2, 0) is 6.42 Å². The highest BCUT2D eigenvalue weighted by molar-refractivity contribution is 7.09. The van der Waals surface area contributed by atoms with Crippen molar-refractivity contribution in [3.05, 3.63) is 52.2 Å². The molecule has 2 rings (SSSR count). The first kappa shape index (κ1) is 11.9. The zero-order valence-corrected chi connectivity index (χ0v) is 10.3. The molecule has 0 N–H and O–H groups in total. The van der Waals surface area contributed by atoms with Gasteiger partial charge in [-0.25, -0.2) is 0 Å². The molecule has 0 radical (unpaired) electrons. The molecule has 17 heavy (non-hydrogen) atoms. The molecular weight excluding hydrogens is 232 g/mol. The Morgan fingerprint density at radius 1 is 1.18 bits per heavy atom. The van der Waals surface area contributed by atoms with Gasteiger partial charge in [0.1, 0.15) is 12.0 Å². The largest absolute Gasteiger partial charge is 0.494 e. The molecule has 0 atom stereocenters. The Morgan fingerprint density at radius 2 is 2.00 bits per heavy atom. The first-order chi connectivity index (χ1) is 8.38. The number of thiophene rings is 1. The maximum absolute atomic E-state index is 10.5. The molecule has 2 aromatic rings. The SMILES string of the molecule is O=Cc1ccc(OCCCc2cccs2)cc1. The van der Waals surface area contributed by atoms with E-state index in [1.54, 1.807) is 23.5 Å². The predicted octanol–water partition coefficient (Wildman–Crippen LogP) is 3.57. The zero-order valence-electron chi connectivity index (χ0n) is 9.46. The van der Waals surface area contributed by atoms with Crippen LogP contribution in [0.4, 0.5) is 0 Å². The van der Waals surface area contributed by atoms with Crippen LogP contribution in [-0.4, -0.2) is 12.9 Å². The molecular formula is C14H14O2S. The fourth-order valence-electron chi connectivity index (χ4n) is 1.53. The maximum atomic E-state index is 10.5. The van der Waals surface area contributed by atoms with Crippen LogP contribution in [0.3, 0.4) is 0 Å². The smallest absolute Gasteiger partial charge is 0.150 e. The second kappa shape index (κ2) is 6.21. The van der Waals surface area contributed by atoms with E-state index in [2.05, 4.69) is 17.5 Å². The Hall–Kier alpha value is -1.61. The summed E-state index contributed by atoms with van der Waals surface area (Å²) in [7, 11) is 0. The lowest BCUT2D eigenvalue weighted by molar-refractivity contribution is 0.112. The van der Waals surface area contributed by atoms with E-state index in [9.17, 15) is 4.79 Å². The van der Waals surface area contributed by atoms with E-state index in [1.165, 1.54) is 4.88 Å². The van der Waals surface area contributed by atoms with Crippen molar-refractivity contribution >= 4 is 17.6 Å². The summed E-state index contributed by atoms with van der Waals surface area (Å²) >= 11 is 1.78.